The van der Waals surface area contributed by atoms with Gasteiger partial charge in [0.25, 0.3) is 0 Å². The van der Waals surface area contributed by atoms with E-state index in [1.807, 2.05) is 0 Å². The molecule has 1 atom stereocenters. The van der Waals surface area contributed by atoms with Crippen molar-refractivity contribution in [3.8, 4) is 0 Å². The molecular formula is C13H18F3NO4. The Bertz CT molecular complexity index is 461. The van der Waals surface area contributed by atoms with E-state index in [4.69, 9.17) is 4.74 Å². The van der Waals surface area contributed by atoms with Gasteiger partial charge in [0.2, 0.25) is 0 Å². The van der Waals surface area contributed by atoms with Crippen molar-refractivity contribution < 1.29 is 32.6 Å². The van der Waals surface area contributed by atoms with E-state index in [2.05, 4.69) is 5.32 Å². The van der Waals surface area contributed by atoms with Crippen molar-refractivity contribution >= 4 is 12.1 Å². The van der Waals surface area contributed by atoms with Crippen LogP contribution in [0.15, 0.2) is 0 Å². The molecule has 3 fully saturated rings. The molecule has 1 unspecified atom stereocenters. The Morgan fingerprint density at radius 3 is 2.00 bits per heavy atom. The van der Waals surface area contributed by atoms with Crippen LogP contribution >= 0.6 is 0 Å². The van der Waals surface area contributed by atoms with Gasteiger partial charge in [-0.25, -0.2) is 9.59 Å². The average Bonchev–Trinajstić information content (AvgIpc) is 2.05. The molecule has 3 aliphatic rings. The first-order chi connectivity index (χ1) is 9.30. The van der Waals surface area contributed by atoms with Crippen LogP contribution in [-0.4, -0.2) is 35.0 Å². The van der Waals surface area contributed by atoms with Crippen molar-refractivity contribution in [2.24, 2.45) is 10.8 Å². The molecule has 0 heterocycles. The molecule has 0 saturated heterocycles. The van der Waals surface area contributed by atoms with Gasteiger partial charge < -0.3 is 15.2 Å². The van der Waals surface area contributed by atoms with Gasteiger partial charge in [-0.1, -0.05) is 0 Å². The van der Waals surface area contributed by atoms with Crippen molar-refractivity contribution in [3.63, 3.8) is 0 Å². The number of ether oxygens (including phenoxy) is 1. The molecule has 5 nitrogen and oxygen atoms in total. The molecule has 8 heteroatoms. The molecule has 3 aliphatic carbocycles. The summed E-state index contributed by atoms with van der Waals surface area (Å²) in [5, 5.41) is 11.4. The van der Waals surface area contributed by atoms with E-state index in [9.17, 15) is 27.9 Å². The molecule has 2 bridgehead atoms. The summed E-state index contributed by atoms with van der Waals surface area (Å²) in [4.78, 5) is 22.9. The fourth-order valence-corrected chi connectivity index (χ4v) is 3.38. The van der Waals surface area contributed by atoms with E-state index in [0.29, 0.717) is 0 Å². The van der Waals surface area contributed by atoms with E-state index >= 15 is 0 Å². The van der Waals surface area contributed by atoms with Crippen LogP contribution in [0.4, 0.5) is 18.0 Å². The highest BCUT2D eigenvalue weighted by Gasteiger charge is 2.81. The van der Waals surface area contributed by atoms with Crippen LogP contribution in [0.5, 0.6) is 0 Å². The number of amides is 1. The van der Waals surface area contributed by atoms with Crippen LogP contribution in [0, 0.1) is 10.8 Å². The van der Waals surface area contributed by atoms with Gasteiger partial charge in [0.05, 0.1) is 5.41 Å². The van der Waals surface area contributed by atoms with E-state index < -0.39 is 40.7 Å². The number of carboxylic acid groups (broad SMARTS) is 1. The summed E-state index contributed by atoms with van der Waals surface area (Å²) in [7, 11) is 0. The zero-order valence-corrected chi connectivity index (χ0v) is 12.0. The molecule has 0 radical (unpaired) electrons. The van der Waals surface area contributed by atoms with Gasteiger partial charge >= 0.3 is 18.2 Å². The number of alkyl carbamates (subject to hydrolysis) is 1. The van der Waals surface area contributed by atoms with Crippen LogP contribution < -0.4 is 5.32 Å². The molecule has 21 heavy (non-hydrogen) atoms. The summed E-state index contributed by atoms with van der Waals surface area (Å²) in [6, 6.07) is -1.35. The molecule has 3 rings (SSSR count). The molecular weight excluding hydrogens is 291 g/mol. The zero-order chi connectivity index (χ0) is 16.3. The standard InChI is InChI=1S/C13H18F3NO4/c1-10(2,3)21-9(20)17-7(8(18)19)11-4-12(5-11,6-11)13(14,15)16/h7H,4-6H2,1-3H3,(H,17,20)(H,18,19). The van der Waals surface area contributed by atoms with Gasteiger partial charge in [-0.3, -0.25) is 0 Å². The van der Waals surface area contributed by atoms with Crippen molar-refractivity contribution in [3.05, 3.63) is 0 Å². The smallest absolute Gasteiger partial charge is 0.408 e. The Morgan fingerprint density at radius 1 is 1.19 bits per heavy atom. The number of carbonyl (C=O) groups is 2. The molecule has 1 amide bonds. The Morgan fingerprint density at radius 2 is 1.67 bits per heavy atom. The summed E-state index contributed by atoms with van der Waals surface area (Å²) in [6.07, 6.45) is -6.01. The molecule has 0 aliphatic heterocycles. The van der Waals surface area contributed by atoms with Gasteiger partial charge in [-0.05, 0) is 40.0 Å². The molecule has 0 spiro atoms. The fourth-order valence-electron chi connectivity index (χ4n) is 3.38. The third kappa shape index (κ3) is 2.55. The second kappa shape index (κ2) is 4.27. The van der Waals surface area contributed by atoms with Crippen LogP contribution in [0.3, 0.4) is 0 Å². The first-order valence-corrected chi connectivity index (χ1v) is 6.59. The lowest BCUT2D eigenvalue weighted by Gasteiger charge is -2.71. The maximum Gasteiger partial charge on any atom is 0.408 e. The second-order valence-electron chi connectivity index (χ2n) is 7.09. The third-order valence-corrected chi connectivity index (χ3v) is 4.19. The number of nitrogens with one attached hydrogen (secondary N) is 1. The minimum absolute atomic E-state index is 0.254. The Kier molecular flexibility index (Phi) is 3.23. The van der Waals surface area contributed by atoms with Gasteiger partial charge in [0.15, 0.2) is 0 Å². The lowest BCUT2D eigenvalue weighted by atomic mass is 9.33. The summed E-state index contributed by atoms with van der Waals surface area (Å²) >= 11 is 0. The average molecular weight is 309 g/mol. The molecule has 0 aromatic heterocycles. The summed E-state index contributed by atoms with van der Waals surface area (Å²) in [6.45, 7) is 4.84. The van der Waals surface area contributed by atoms with Crippen LogP contribution in [0.1, 0.15) is 40.0 Å². The number of rotatable bonds is 3. The number of alkyl halides is 3. The number of hydrogen-bond donors (Lipinski definition) is 2. The summed E-state index contributed by atoms with van der Waals surface area (Å²) in [5.74, 6) is -1.34. The SMILES string of the molecule is CC(C)(C)OC(=O)NC(C(=O)O)C12CC(C(F)(F)F)(C1)C2. The minimum atomic E-state index is -4.32. The maximum absolute atomic E-state index is 12.8. The van der Waals surface area contributed by atoms with Crippen molar-refractivity contribution in [2.45, 2.75) is 57.9 Å². The number of hydrogen-bond acceptors (Lipinski definition) is 3. The van der Waals surface area contributed by atoms with Crippen LogP contribution in [0.2, 0.25) is 0 Å². The largest absolute Gasteiger partial charge is 0.480 e. The normalized spacial score (nSPS) is 32.5. The van der Waals surface area contributed by atoms with E-state index in [-0.39, 0.29) is 19.3 Å². The van der Waals surface area contributed by atoms with E-state index in [0.717, 1.165) is 0 Å². The minimum Gasteiger partial charge on any atom is -0.480 e. The molecule has 2 N–H and O–H groups in total. The lowest BCUT2D eigenvalue weighted by Crippen LogP contribution is -2.75. The molecule has 0 aromatic rings. The number of carboxylic acids is 1. The van der Waals surface area contributed by atoms with Gasteiger partial charge in [0, 0.05) is 5.41 Å². The monoisotopic (exact) mass is 309 g/mol. The Labute approximate surface area is 119 Å². The second-order valence-corrected chi connectivity index (χ2v) is 7.09. The first-order valence-electron chi connectivity index (χ1n) is 6.59. The van der Waals surface area contributed by atoms with Crippen molar-refractivity contribution in [1.29, 1.82) is 0 Å². The number of carbonyl (C=O) groups excluding carboxylic acids is 1. The topological polar surface area (TPSA) is 75.6 Å². The van der Waals surface area contributed by atoms with Gasteiger partial charge in [-0.15, -0.1) is 0 Å². The van der Waals surface area contributed by atoms with Crippen LogP contribution in [0.25, 0.3) is 0 Å². The first kappa shape index (κ1) is 15.9. The summed E-state index contributed by atoms with van der Waals surface area (Å²) < 4.78 is 43.3. The number of aliphatic carboxylic acids is 1. The molecule has 3 saturated carbocycles. The lowest BCUT2D eigenvalue weighted by molar-refractivity contribution is -0.367. The van der Waals surface area contributed by atoms with E-state index in [1.165, 1.54) is 0 Å². The van der Waals surface area contributed by atoms with Crippen LogP contribution in [-0.2, 0) is 9.53 Å². The van der Waals surface area contributed by atoms with Gasteiger partial charge in [-0.2, -0.15) is 13.2 Å². The highest BCUT2D eigenvalue weighted by molar-refractivity contribution is 5.81. The highest BCUT2D eigenvalue weighted by atomic mass is 19.4. The highest BCUT2D eigenvalue weighted by Crippen LogP contribution is 2.79. The molecule has 0 aromatic carbocycles. The van der Waals surface area contributed by atoms with Crippen molar-refractivity contribution in [1.82, 2.24) is 5.32 Å². The molecule has 120 valence electrons. The quantitative estimate of drug-likeness (QED) is 0.840. The predicted molar refractivity (Wildman–Crippen MR) is 65.6 cm³/mol. The van der Waals surface area contributed by atoms with Gasteiger partial charge in [0.1, 0.15) is 11.6 Å². The Balaban J connectivity index is 2.01. The summed E-state index contributed by atoms with van der Waals surface area (Å²) in [5.41, 5.74) is -3.56. The maximum atomic E-state index is 12.8. The van der Waals surface area contributed by atoms with Crippen molar-refractivity contribution in [2.75, 3.05) is 0 Å². The number of halogens is 3. The fraction of sp³-hybridized carbons (Fsp3) is 0.846. The Hall–Kier alpha value is -1.47. The zero-order valence-electron chi connectivity index (χ0n) is 12.0. The van der Waals surface area contributed by atoms with E-state index in [1.54, 1.807) is 20.8 Å². The third-order valence-electron chi connectivity index (χ3n) is 4.19. The predicted octanol–water partition coefficient (Wildman–Crippen LogP) is 2.70.